The van der Waals surface area contributed by atoms with Crippen LogP contribution in [-0.2, 0) is 12.3 Å². The van der Waals surface area contributed by atoms with Gasteiger partial charge in [-0.15, -0.1) is 23.8 Å². The molecular formula is C17H11INNi-2. The van der Waals surface area contributed by atoms with E-state index in [-0.39, 0.29) is 0 Å². The molecule has 0 saturated carbocycles. The molecule has 1 nitrogen and oxygen atoms in total. The van der Waals surface area contributed by atoms with E-state index in [0.29, 0.717) is 0 Å². The quantitative estimate of drug-likeness (QED) is 0.330. The van der Waals surface area contributed by atoms with Crippen LogP contribution in [0.4, 0.5) is 0 Å². The molecule has 0 spiro atoms. The minimum atomic E-state index is 0.940. The Bertz CT molecular complexity index is 587. The number of benzene rings is 2. The second-order valence-electron chi connectivity index (χ2n) is 3.97. The molecule has 0 aliphatic heterocycles. The molecule has 3 rings (SSSR count). The van der Waals surface area contributed by atoms with Crippen LogP contribution in [0.1, 0.15) is 0 Å². The molecule has 1 aromatic heterocycles. The summed E-state index contributed by atoms with van der Waals surface area (Å²) < 4.78 is 0. The molecule has 0 fully saturated rings. The molecule has 0 amide bonds. The Hall–Kier alpha value is -1.19. The fraction of sp³-hybridized carbons (Fsp3) is 0. The summed E-state index contributed by atoms with van der Waals surface area (Å²) in [5, 5.41) is 0. The Morgan fingerprint density at radius 3 is 2.25 bits per heavy atom. The van der Waals surface area contributed by atoms with E-state index in [4.69, 9.17) is 0 Å². The first-order valence-electron chi connectivity index (χ1n) is 5.96. The average Bonchev–Trinajstić information content (AvgIpc) is 2.58. The van der Waals surface area contributed by atoms with Crippen molar-refractivity contribution in [2.45, 2.75) is 0 Å². The zero-order valence-corrected chi connectivity index (χ0v) is 13.6. The van der Waals surface area contributed by atoms with Crippen molar-refractivity contribution in [3.05, 3.63) is 79.0 Å². The fourth-order valence-electron chi connectivity index (χ4n) is 1.86. The van der Waals surface area contributed by atoms with Gasteiger partial charge in [0, 0.05) is 11.9 Å². The summed E-state index contributed by atoms with van der Waals surface area (Å²) in [7, 11) is 0. The molecule has 0 N–H and O–H groups in total. The monoisotopic (exact) mass is 414 g/mol. The minimum absolute atomic E-state index is 0.940. The summed E-state index contributed by atoms with van der Waals surface area (Å²) in [5.74, 6) is 0. The van der Waals surface area contributed by atoms with Gasteiger partial charge in [0.1, 0.15) is 0 Å². The van der Waals surface area contributed by atoms with Gasteiger partial charge in [-0.2, -0.15) is 42.0 Å². The predicted octanol–water partition coefficient (Wildman–Crippen LogP) is 4.90. The van der Waals surface area contributed by atoms with Crippen molar-refractivity contribution in [1.29, 1.82) is 0 Å². The van der Waals surface area contributed by atoms with Gasteiger partial charge in [-0.1, -0.05) is 12.1 Å². The van der Waals surface area contributed by atoms with E-state index in [2.05, 4.69) is 29.4 Å². The van der Waals surface area contributed by atoms with Crippen molar-refractivity contribution in [3.8, 4) is 22.4 Å². The maximum Gasteiger partial charge on any atom is 0.0183 e. The second-order valence-corrected chi connectivity index (χ2v) is 3.97. The molecule has 0 unspecified atom stereocenters. The van der Waals surface area contributed by atoms with Gasteiger partial charge in [0.05, 0.1) is 0 Å². The third-order valence-electron chi connectivity index (χ3n) is 2.74. The van der Waals surface area contributed by atoms with Crippen LogP contribution in [0.2, 0.25) is 0 Å². The number of halogens is 1. The summed E-state index contributed by atoms with van der Waals surface area (Å²) in [5.41, 5.74) is 4.04. The normalized spacial score (nSPS) is 9.55. The number of rotatable bonds is 2. The summed E-state index contributed by atoms with van der Waals surface area (Å²) in [6, 6.07) is 26.5. The zero-order chi connectivity index (χ0) is 14.2. The summed E-state index contributed by atoms with van der Waals surface area (Å²) in [4.78, 5) is 4.34. The first kappa shape index (κ1) is 15.2. The van der Waals surface area contributed by atoms with Crippen molar-refractivity contribution in [1.82, 2.24) is 4.98 Å². The van der Waals surface area contributed by atoms with Gasteiger partial charge in [-0.3, -0.25) is 4.98 Å². The van der Waals surface area contributed by atoms with E-state index in [9.17, 15) is 0 Å². The minimum Gasteiger partial charge on any atom is -0.295 e. The van der Waals surface area contributed by atoms with Crippen molar-refractivity contribution < 1.29 is 12.3 Å². The van der Waals surface area contributed by atoms with Crippen molar-refractivity contribution in [3.63, 3.8) is 0 Å². The number of hydrogen-bond acceptors (Lipinski definition) is 1. The average molecular weight is 415 g/mol. The smallest absolute Gasteiger partial charge is 0.0183 e. The molecule has 3 aromatic rings. The van der Waals surface area contributed by atoms with Gasteiger partial charge in [0.2, 0.25) is 0 Å². The Balaban J connectivity index is 0.000000704. The molecule has 20 heavy (non-hydrogen) atoms. The van der Waals surface area contributed by atoms with Crippen LogP contribution in [0.3, 0.4) is 0 Å². The van der Waals surface area contributed by atoms with Gasteiger partial charge in [-0.25, -0.2) is 5.56 Å². The van der Waals surface area contributed by atoms with Crippen molar-refractivity contribution in [2.24, 2.45) is 0 Å². The van der Waals surface area contributed by atoms with Gasteiger partial charge in [-0.05, 0) is 6.07 Å². The molecule has 1 heterocycles. The number of nitrogens with zero attached hydrogens (tertiary/aromatic N) is 1. The van der Waals surface area contributed by atoms with Crippen molar-refractivity contribution in [2.75, 3.05) is 0 Å². The van der Waals surface area contributed by atoms with Crippen LogP contribution in [0.5, 0.6) is 0 Å². The SMILES string of the molecule is [Ni][I].[c-]1ccccc1-c1[c-]c(-c2ccccn2)ccc1. The van der Waals surface area contributed by atoms with E-state index in [0.717, 1.165) is 22.4 Å². The van der Waals surface area contributed by atoms with Crippen LogP contribution in [0.25, 0.3) is 22.4 Å². The molecule has 103 valence electrons. The third kappa shape index (κ3) is 3.90. The van der Waals surface area contributed by atoms with E-state index in [1.165, 1.54) is 0 Å². The zero-order valence-electron chi connectivity index (χ0n) is 10.5. The molecule has 0 aliphatic rings. The number of hydrogen-bond donors (Lipinski definition) is 0. The van der Waals surface area contributed by atoms with E-state index < -0.39 is 0 Å². The maximum atomic E-state index is 4.34. The molecule has 0 saturated heterocycles. The second kappa shape index (κ2) is 8.18. The Labute approximate surface area is 138 Å². The Morgan fingerprint density at radius 2 is 1.55 bits per heavy atom. The van der Waals surface area contributed by atoms with Crippen molar-refractivity contribution >= 4 is 20.5 Å². The van der Waals surface area contributed by atoms with Crippen LogP contribution in [-0.4, -0.2) is 4.98 Å². The maximum absolute atomic E-state index is 4.34. The number of pyridine rings is 1. The summed E-state index contributed by atoms with van der Waals surface area (Å²) >= 11 is 5.62. The first-order valence-corrected chi connectivity index (χ1v) is 9.15. The molecule has 0 aliphatic carbocycles. The van der Waals surface area contributed by atoms with Gasteiger partial charge < -0.3 is 0 Å². The fourth-order valence-corrected chi connectivity index (χ4v) is 1.86. The third-order valence-corrected chi connectivity index (χ3v) is 2.74. The Kier molecular flexibility index (Phi) is 6.22. The molecular weight excluding hydrogens is 404 g/mol. The standard InChI is InChI=1S/C17H11N.HI.Ni/c1-2-7-14(8-3-1)15-9-6-10-16(13-15)17-11-4-5-12-18-17;;/h1-7,9-12H;1H;/q-2;;+1/p-1. The molecule has 0 atom stereocenters. The predicted molar refractivity (Wildman–Crippen MR) is 86.8 cm³/mol. The molecule has 0 radical (unpaired) electrons. The molecule has 2 aromatic carbocycles. The largest absolute Gasteiger partial charge is 0.295 e. The van der Waals surface area contributed by atoms with E-state index in [1.807, 2.05) is 60.7 Å². The van der Waals surface area contributed by atoms with Crippen LogP contribution in [0, 0.1) is 12.1 Å². The van der Waals surface area contributed by atoms with Gasteiger partial charge in [0.25, 0.3) is 0 Å². The molecule has 0 bridgehead atoms. The van der Waals surface area contributed by atoms with Crippen LogP contribution < -0.4 is 0 Å². The number of aromatic nitrogens is 1. The first-order chi connectivity index (χ1) is 9.93. The molecule has 3 heteroatoms. The van der Waals surface area contributed by atoms with E-state index in [1.54, 1.807) is 26.7 Å². The summed E-state index contributed by atoms with van der Waals surface area (Å²) in [6.45, 7) is 0. The topological polar surface area (TPSA) is 12.9 Å². The van der Waals surface area contributed by atoms with Crippen LogP contribution in [0.15, 0.2) is 66.9 Å². The Morgan fingerprint density at radius 1 is 0.800 bits per heavy atom. The van der Waals surface area contributed by atoms with Gasteiger partial charge in [0.15, 0.2) is 0 Å². The van der Waals surface area contributed by atoms with E-state index >= 15 is 0 Å². The van der Waals surface area contributed by atoms with Crippen LogP contribution >= 0.6 is 20.5 Å². The van der Waals surface area contributed by atoms with Gasteiger partial charge >= 0.3 is 32.8 Å². The summed E-state index contributed by atoms with van der Waals surface area (Å²) in [6.07, 6.45) is 1.80.